The minimum Gasteiger partial charge on any atom is -0.508 e. The monoisotopic (exact) mass is 261 g/mol. The maximum absolute atomic E-state index is 11.0. The molecule has 3 N–H and O–H groups in total. The lowest BCUT2D eigenvalue weighted by molar-refractivity contribution is -0.141. The molecule has 0 spiro atoms. The minimum absolute atomic E-state index is 0. The molecule has 0 saturated heterocycles. The summed E-state index contributed by atoms with van der Waals surface area (Å²) in [5.41, 5.74) is 6.24. The Labute approximate surface area is 106 Å². The zero-order valence-corrected chi connectivity index (χ0v) is 10.5. The number of carbonyl (C=O) groups excluding carboxylic acids is 1. The van der Waals surface area contributed by atoms with Gasteiger partial charge in [-0.05, 0) is 18.2 Å². The van der Waals surface area contributed by atoms with E-state index >= 15 is 0 Å². The fourth-order valence-electron chi connectivity index (χ4n) is 1.33. The third-order valence-corrected chi connectivity index (χ3v) is 2.25. The SMILES string of the molecule is COC(=O)C[C@H](N)c1cc(OC)ccc1O.Cl. The van der Waals surface area contributed by atoms with Gasteiger partial charge in [0.1, 0.15) is 11.5 Å². The predicted molar refractivity (Wildman–Crippen MR) is 65.5 cm³/mol. The van der Waals surface area contributed by atoms with Crippen molar-refractivity contribution in [2.75, 3.05) is 14.2 Å². The van der Waals surface area contributed by atoms with Crippen molar-refractivity contribution in [1.82, 2.24) is 0 Å². The molecule has 0 aliphatic rings. The smallest absolute Gasteiger partial charge is 0.307 e. The molecule has 0 unspecified atom stereocenters. The molecule has 1 aromatic rings. The van der Waals surface area contributed by atoms with Crippen LogP contribution in [-0.4, -0.2) is 25.3 Å². The van der Waals surface area contributed by atoms with Crippen molar-refractivity contribution in [3.63, 3.8) is 0 Å². The molecule has 0 saturated carbocycles. The molecule has 0 heterocycles. The first-order valence-corrected chi connectivity index (χ1v) is 4.77. The van der Waals surface area contributed by atoms with Crippen LogP contribution in [0.25, 0.3) is 0 Å². The van der Waals surface area contributed by atoms with Gasteiger partial charge in [-0.25, -0.2) is 0 Å². The minimum atomic E-state index is -0.609. The summed E-state index contributed by atoms with van der Waals surface area (Å²) in [7, 11) is 2.81. The van der Waals surface area contributed by atoms with Crippen molar-refractivity contribution in [1.29, 1.82) is 0 Å². The molecule has 1 atom stereocenters. The summed E-state index contributed by atoms with van der Waals surface area (Å²) in [4.78, 5) is 11.0. The van der Waals surface area contributed by atoms with Gasteiger partial charge < -0.3 is 20.3 Å². The third-order valence-electron chi connectivity index (χ3n) is 2.25. The number of methoxy groups -OCH3 is 2. The normalized spacial score (nSPS) is 11.2. The maximum atomic E-state index is 11.0. The fourth-order valence-corrected chi connectivity index (χ4v) is 1.33. The zero-order chi connectivity index (χ0) is 12.1. The van der Waals surface area contributed by atoms with E-state index in [0.717, 1.165) is 0 Å². The van der Waals surface area contributed by atoms with Gasteiger partial charge in [0.2, 0.25) is 0 Å². The van der Waals surface area contributed by atoms with Crippen LogP contribution in [0.4, 0.5) is 0 Å². The summed E-state index contributed by atoms with van der Waals surface area (Å²) in [6.45, 7) is 0. The Balaban J connectivity index is 0.00000256. The van der Waals surface area contributed by atoms with Gasteiger partial charge in [-0.15, -0.1) is 12.4 Å². The highest BCUT2D eigenvalue weighted by molar-refractivity contribution is 5.85. The van der Waals surface area contributed by atoms with E-state index in [1.807, 2.05) is 0 Å². The topological polar surface area (TPSA) is 81.8 Å². The van der Waals surface area contributed by atoms with Crippen molar-refractivity contribution in [3.8, 4) is 11.5 Å². The molecule has 0 fully saturated rings. The van der Waals surface area contributed by atoms with E-state index in [1.165, 1.54) is 20.3 Å². The number of carbonyl (C=O) groups is 1. The van der Waals surface area contributed by atoms with Gasteiger partial charge in [0.25, 0.3) is 0 Å². The van der Waals surface area contributed by atoms with Crippen LogP contribution in [0.2, 0.25) is 0 Å². The zero-order valence-electron chi connectivity index (χ0n) is 9.67. The Hall–Kier alpha value is -1.46. The molecule has 1 rings (SSSR count). The molecular formula is C11H16ClNO4. The predicted octanol–water partition coefficient (Wildman–Crippen LogP) is 1.39. The second kappa shape index (κ2) is 6.98. The summed E-state index contributed by atoms with van der Waals surface area (Å²) in [5.74, 6) is 0.194. The maximum Gasteiger partial charge on any atom is 0.307 e. The number of halogens is 1. The van der Waals surface area contributed by atoms with E-state index in [9.17, 15) is 9.90 Å². The van der Waals surface area contributed by atoms with E-state index in [4.69, 9.17) is 10.5 Å². The van der Waals surface area contributed by atoms with Gasteiger partial charge in [-0.3, -0.25) is 4.79 Å². The molecule has 0 radical (unpaired) electrons. The largest absolute Gasteiger partial charge is 0.508 e. The van der Waals surface area contributed by atoms with Crippen LogP contribution in [0.3, 0.4) is 0 Å². The molecule has 96 valence electrons. The molecule has 0 amide bonds. The third kappa shape index (κ3) is 4.13. The van der Waals surface area contributed by atoms with Crippen molar-refractivity contribution in [2.24, 2.45) is 5.73 Å². The van der Waals surface area contributed by atoms with Gasteiger partial charge in [0.05, 0.1) is 20.6 Å². The molecular weight excluding hydrogens is 246 g/mol. The van der Waals surface area contributed by atoms with E-state index < -0.39 is 12.0 Å². The lowest BCUT2D eigenvalue weighted by Gasteiger charge is -2.13. The number of hydrogen-bond acceptors (Lipinski definition) is 5. The average molecular weight is 262 g/mol. The number of nitrogens with two attached hydrogens (primary N) is 1. The fraction of sp³-hybridized carbons (Fsp3) is 0.364. The summed E-state index contributed by atoms with van der Waals surface area (Å²) >= 11 is 0. The number of esters is 1. The molecule has 0 bridgehead atoms. The number of hydrogen-bond donors (Lipinski definition) is 2. The van der Waals surface area contributed by atoms with Crippen molar-refractivity contribution >= 4 is 18.4 Å². The summed E-state index contributed by atoms with van der Waals surface area (Å²) < 4.78 is 9.52. The highest BCUT2D eigenvalue weighted by Gasteiger charge is 2.16. The molecule has 0 aliphatic heterocycles. The number of phenols is 1. The van der Waals surface area contributed by atoms with Crippen LogP contribution in [0.1, 0.15) is 18.0 Å². The van der Waals surface area contributed by atoms with Crippen LogP contribution in [0.15, 0.2) is 18.2 Å². The van der Waals surface area contributed by atoms with E-state index in [0.29, 0.717) is 11.3 Å². The Morgan fingerprint density at radius 2 is 2.12 bits per heavy atom. The lowest BCUT2D eigenvalue weighted by atomic mass is 10.0. The lowest BCUT2D eigenvalue weighted by Crippen LogP contribution is -2.16. The molecule has 0 aromatic heterocycles. The Bertz CT molecular complexity index is 384. The highest BCUT2D eigenvalue weighted by Crippen LogP contribution is 2.28. The first kappa shape index (κ1) is 15.5. The van der Waals surface area contributed by atoms with Gasteiger partial charge >= 0.3 is 5.97 Å². The van der Waals surface area contributed by atoms with Crippen LogP contribution in [-0.2, 0) is 9.53 Å². The second-order valence-corrected chi connectivity index (χ2v) is 3.31. The first-order chi connectivity index (χ1) is 7.58. The van der Waals surface area contributed by atoms with Crippen molar-refractivity contribution < 1.29 is 19.4 Å². The Morgan fingerprint density at radius 1 is 1.47 bits per heavy atom. The van der Waals surface area contributed by atoms with Crippen molar-refractivity contribution in [2.45, 2.75) is 12.5 Å². The molecule has 17 heavy (non-hydrogen) atoms. The number of benzene rings is 1. The Kier molecular flexibility index (Phi) is 6.38. The van der Waals surface area contributed by atoms with Gasteiger partial charge in [-0.1, -0.05) is 0 Å². The van der Waals surface area contributed by atoms with Gasteiger partial charge in [-0.2, -0.15) is 0 Å². The van der Waals surface area contributed by atoms with E-state index in [1.54, 1.807) is 12.1 Å². The van der Waals surface area contributed by atoms with E-state index in [-0.39, 0.29) is 24.6 Å². The second-order valence-electron chi connectivity index (χ2n) is 3.31. The summed E-state index contributed by atoms with van der Waals surface area (Å²) in [5, 5.41) is 9.60. The summed E-state index contributed by atoms with van der Waals surface area (Å²) in [6.07, 6.45) is 0.0111. The standard InChI is InChI=1S/C11H15NO4.ClH/c1-15-7-3-4-10(13)8(5-7)9(12)6-11(14)16-2;/h3-5,9,13H,6,12H2,1-2H3;1H/t9-;/m0./s1. The molecule has 1 aromatic carbocycles. The number of phenolic OH excluding ortho intramolecular Hbond substituents is 1. The van der Waals surface area contributed by atoms with Crippen LogP contribution in [0.5, 0.6) is 11.5 Å². The molecule has 5 nitrogen and oxygen atoms in total. The van der Waals surface area contributed by atoms with Crippen LogP contribution >= 0.6 is 12.4 Å². The van der Waals surface area contributed by atoms with Gasteiger partial charge in [0, 0.05) is 11.6 Å². The van der Waals surface area contributed by atoms with Crippen LogP contribution in [0, 0.1) is 0 Å². The molecule has 6 heteroatoms. The highest BCUT2D eigenvalue weighted by atomic mass is 35.5. The van der Waals surface area contributed by atoms with Crippen LogP contribution < -0.4 is 10.5 Å². The number of aromatic hydroxyl groups is 1. The van der Waals surface area contributed by atoms with Gasteiger partial charge in [0.15, 0.2) is 0 Å². The number of ether oxygens (including phenoxy) is 2. The van der Waals surface area contributed by atoms with E-state index in [2.05, 4.69) is 4.74 Å². The molecule has 0 aliphatic carbocycles. The Morgan fingerprint density at radius 3 is 2.65 bits per heavy atom. The quantitative estimate of drug-likeness (QED) is 0.801. The van der Waals surface area contributed by atoms with Crippen molar-refractivity contribution in [3.05, 3.63) is 23.8 Å². The summed E-state index contributed by atoms with van der Waals surface area (Å²) in [6, 6.07) is 4.08. The average Bonchev–Trinajstić information content (AvgIpc) is 2.29. The number of rotatable bonds is 4. The first-order valence-electron chi connectivity index (χ1n) is 4.77.